The van der Waals surface area contributed by atoms with E-state index in [1.807, 2.05) is 0 Å². The first-order valence-corrected chi connectivity index (χ1v) is 6.36. The molecule has 0 aromatic heterocycles. The molecule has 2 rings (SSSR count). The highest BCUT2D eigenvalue weighted by molar-refractivity contribution is 5.79. The van der Waals surface area contributed by atoms with E-state index in [1.165, 1.54) is 0 Å². The minimum atomic E-state index is -0.631. The van der Waals surface area contributed by atoms with Crippen molar-refractivity contribution in [3.05, 3.63) is 0 Å². The average Bonchev–Trinajstić information content (AvgIpc) is 2.24. The molecule has 0 radical (unpaired) electrons. The normalized spacial score (nSPS) is 32.9. The molecule has 4 N–H and O–H groups in total. The third-order valence-electron chi connectivity index (χ3n) is 4.03. The zero-order valence-electron chi connectivity index (χ0n) is 9.74. The van der Waals surface area contributed by atoms with Gasteiger partial charge in [0.05, 0.1) is 11.5 Å². The molecule has 16 heavy (non-hydrogen) atoms. The molecule has 0 spiro atoms. The van der Waals surface area contributed by atoms with Gasteiger partial charge in [0.2, 0.25) is 5.91 Å². The van der Waals surface area contributed by atoms with Gasteiger partial charge in [-0.15, -0.1) is 0 Å². The van der Waals surface area contributed by atoms with Gasteiger partial charge in [-0.1, -0.05) is 12.8 Å². The van der Waals surface area contributed by atoms with Crippen LogP contribution in [0.5, 0.6) is 0 Å². The summed E-state index contributed by atoms with van der Waals surface area (Å²) in [6.45, 7) is 0.398. The van der Waals surface area contributed by atoms with Gasteiger partial charge in [-0.3, -0.25) is 4.79 Å². The zero-order chi connectivity index (χ0) is 11.6. The predicted molar refractivity (Wildman–Crippen MR) is 61.7 cm³/mol. The molecule has 0 aliphatic heterocycles. The standard InChI is InChI=1S/C12H22N2O2/c13-10-5-2-1-4-9(10)11(15)14-8-12(16)6-3-7-12/h9-10,16H,1-8,13H2,(H,14,15). The molecule has 2 saturated carbocycles. The van der Waals surface area contributed by atoms with Crippen molar-refractivity contribution < 1.29 is 9.90 Å². The summed E-state index contributed by atoms with van der Waals surface area (Å²) in [5.74, 6) is -0.00930. The largest absolute Gasteiger partial charge is 0.388 e. The lowest BCUT2D eigenvalue weighted by atomic mass is 9.80. The molecule has 2 aliphatic carbocycles. The van der Waals surface area contributed by atoms with E-state index < -0.39 is 5.60 Å². The van der Waals surface area contributed by atoms with Crippen LogP contribution in [-0.2, 0) is 4.79 Å². The van der Waals surface area contributed by atoms with Gasteiger partial charge in [0.1, 0.15) is 0 Å². The number of hydrogen-bond donors (Lipinski definition) is 3. The first-order chi connectivity index (χ1) is 7.61. The van der Waals surface area contributed by atoms with Crippen LogP contribution in [-0.4, -0.2) is 29.2 Å². The highest BCUT2D eigenvalue weighted by atomic mass is 16.3. The summed E-state index contributed by atoms with van der Waals surface area (Å²) < 4.78 is 0. The van der Waals surface area contributed by atoms with Crippen LogP contribution in [0, 0.1) is 5.92 Å². The minimum Gasteiger partial charge on any atom is -0.388 e. The Kier molecular flexibility index (Phi) is 3.50. The van der Waals surface area contributed by atoms with Gasteiger partial charge in [-0.2, -0.15) is 0 Å². The van der Waals surface area contributed by atoms with Gasteiger partial charge in [0.25, 0.3) is 0 Å². The third kappa shape index (κ3) is 2.55. The van der Waals surface area contributed by atoms with Crippen LogP contribution in [0.4, 0.5) is 0 Å². The second kappa shape index (κ2) is 4.72. The Morgan fingerprint density at radius 3 is 2.56 bits per heavy atom. The average molecular weight is 226 g/mol. The van der Waals surface area contributed by atoms with E-state index in [0.717, 1.165) is 44.9 Å². The molecule has 4 nitrogen and oxygen atoms in total. The molecule has 0 aromatic carbocycles. The number of rotatable bonds is 3. The second-order valence-electron chi connectivity index (χ2n) is 5.35. The van der Waals surface area contributed by atoms with Crippen LogP contribution < -0.4 is 11.1 Å². The zero-order valence-corrected chi connectivity index (χ0v) is 9.74. The topological polar surface area (TPSA) is 75.4 Å². The molecule has 2 unspecified atom stereocenters. The van der Waals surface area contributed by atoms with Gasteiger partial charge in [-0.05, 0) is 32.1 Å². The molecule has 0 saturated heterocycles. The van der Waals surface area contributed by atoms with Gasteiger partial charge < -0.3 is 16.2 Å². The van der Waals surface area contributed by atoms with Gasteiger partial charge in [0, 0.05) is 12.6 Å². The number of hydrogen-bond acceptors (Lipinski definition) is 3. The van der Waals surface area contributed by atoms with Gasteiger partial charge >= 0.3 is 0 Å². The quantitative estimate of drug-likeness (QED) is 0.657. The van der Waals surface area contributed by atoms with Crippen LogP contribution in [0.3, 0.4) is 0 Å². The molecule has 0 aromatic rings. The van der Waals surface area contributed by atoms with E-state index in [2.05, 4.69) is 5.32 Å². The SMILES string of the molecule is NC1CCCCC1C(=O)NCC1(O)CCC1. The smallest absolute Gasteiger partial charge is 0.224 e. The highest BCUT2D eigenvalue weighted by Gasteiger charge is 2.36. The summed E-state index contributed by atoms with van der Waals surface area (Å²) in [6, 6.07) is 0.00443. The van der Waals surface area contributed by atoms with Crippen LogP contribution in [0.1, 0.15) is 44.9 Å². The second-order valence-corrected chi connectivity index (χ2v) is 5.35. The monoisotopic (exact) mass is 226 g/mol. The Balaban J connectivity index is 1.78. The Labute approximate surface area is 96.6 Å². The van der Waals surface area contributed by atoms with Crippen LogP contribution in [0.15, 0.2) is 0 Å². The Morgan fingerprint density at radius 2 is 2.00 bits per heavy atom. The van der Waals surface area contributed by atoms with Crippen molar-refractivity contribution in [2.75, 3.05) is 6.54 Å². The molecule has 1 amide bonds. The van der Waals surface area contributed by atoms with Crippen LogP contribution >= 0.6 is 0 Å². The number of aliphatic hydroxyl groups is 1. The van der Waals surface area contributed by atoms with Crippen molar-refractivity contribution in [3.63, 3.8) is 0 Å². The maximum absolute atomic E-state index is 11.9. The van der Waals surface area contributed by atoms with E-state index in [9.17, 15) is 9.90 Å². The molecule has 0 bridgehead atoms. The Hall–Kier alpha value is -0.610. The molecule has 0 heterocycles. The number of amides is 1. The summed E-state index contributed by atoms with van der Waals surface area (Å²) in [4.78, 5) is 11.9. The maximum atomic E-state index is 11.9. The van der Waals surface area contributed by atoms with Crippen molar-refractivity contribution in [2.24, 2.45) is 11.7 Å². The number of carbonyl (C=O) groups excluding carboxylic acids is 1. The molecule has 2 aliphatic rings. The number of carbonyl (C=O) groups is 1. The van der Waals surface area contributed by atoms with Crippen molar-refractivity contribution in [2.45, 2.75) is 56.6 Å². The number of nitrogens with one attached hydrogen (secondary N) is 1. The van der Waals surface area contributed by atoms with E-state index >= 15 is 0 Å². The predicted octanol–water partition coefficient (Wildman–Crippen LogP) is 0.535. The fraction of sp³-hybridized carbons (Fsp3) is 0.917. The third-order valence-corrected chi connectivity index (χ3v) is 4.03. The Bertz CT molecular complexity index is 264. The number of nitrogens with two attached hydrogens (primary N) is 1. The fourth-order valence-corrected chi connectivity index (χ4v) is 2.63. The fourth-order valence-electron chi connectivity index (χ4n) is 2.63. The summed E-state index contributed by atoms with van der Waals surface area (Å²) in [5, 5.41) is 12.7. The van der Waals surface area contributed by atoms with Crippen molar-refractivity contribution in [1.82, 2.24) is 5.32 Å². The molecular weight excluding hydrogens is 204 g/mol. The lowest BCUT2D eigenvalue weighted by Crippen LogP contribution is -2.51. The summed E-state index contributed by atoms with van der Waals surface area (Å²) in [5.41, 5.74) is 5.31. The van der Waals surface area contributed by atoms with Gasteiger partial charge in [0.15, 0.2) is 0 Å². The van der Waals surface area contributed by atoms with E-state index in [4.69, 9.17) is 5.73 Å². The first kappa shape index (κ1) is 11.9. The van der Waals surface area contributed by atoms with Crippen LogP contribution in [0.2, 0.25) is 0 Å². The van der Waals surface area contributed by atoms with Crippen molar-refractivity contribution in [3.8, 4) is 0 Å². The van der Waals surface area contributed by atoms with Gasteiger partial charge in [-0.25, -0.2) is 0 Å². The van der Waals surface area contributed by atoms with Crippen molar-refractivity contribution in [1.29, 1.82) is 0 Å². The maximum Gasteiger partial charge on any atom is 0.224 e. The lowest BCUT2D eigenvalue weighted by Gasteiger charge is -2.37. The lowest BCUT2D eigenvalue weighted by molar-refractivity contribution is -0.128. The van der Waals surface area contributed by atoms with Crippen molar-refractivity contribution >= 4 is 5.91 Å². The summed E-state index contributed by atoms with van der Waals surface area (Å²) in [7, 11) is 0. The summed E-state index contributed by atoms with van der Waals surface area (Å²) >= 11 is 0. The molecule has 92 valence electrons. The Morgan fingerprint density at radius 1 is 1.31 bits per heavy atom. The molecule has 2 atom stereocenters. The highest BCUT2D eigenvalue weighted by Crippen LogP contribution is 2.31. The van der Waals surface area contributed by atoms with E-state index in [0.29, 0.717) is 6.54 Å². The molecular formula is C12H22N2O2. The minimum absolute atomic E-state index is 0.00443. The molecule has 4 heteroatoms. The van der Waals surface area contributed by atoms with E-state index in [-0.39, 0.29) is 17.9 Å². The summed E-state index contributed by atoms with van der Waals surface area (Å²) in [6.07, 6.45) is 6.75. The van der Waals surface area contributed by atoms with Crippen LogP contribution in [0.25, 0.3) is 0 Å². The molecule has 2 fully saturated rings. The van der Waals surface area contributed by atoms with E-state index in [1.54, 1.807) is 0 Å². The first-order valence-electron chi connectivity index (χ1n) is 6.36.